The van der Waals surface area contributed by atoms with E-state index in [1.165, 1.54) is 18.7 Å². The van der Waals surface area contributed by atoms with Crippen LogP contribution in [0.15, 0.2) is 4.99 Å². The first kappa shape index (κ1) is 61.1. The van der Waals surface area contributed by atoms with Crippen molar-refractivity contribution in [2.24, 2.45) is 16.5 Å². The molecule has 30 heteroatoms. The molecule has 3 rings (SSSR count). The number of nitrogens with zero attached hydrogens (tertiary/aromatic N) is 3. The number of hydrogen-bond donors (Lipinski definition) is 15. The fourth-order valence-electron chi connectivity index (χ4n) is 8.49. The van der Waals surface area contributed by atoms with E-state index < -0.39 is 170 Å². The number of carbonyl (C=O) groups is 12. The second kappa shape index (κ2) is 29.5. The number of rotatable bonds is 29. The zero-order valence-corrected chi connectivity index (χ0v) is 41.5. The van der Waals surface area contributed by atoms with Gasteiger partial charge in [0.25, 0.3) is 0 Å². The molecule has 0 spiro atoms. The highest BCUT2D eigenvalue weighted by Crippen LogP contribution is 2.22. The number of hydrogen-bond acceptors (Lipinski definition) is 16. The minimum Gasteiger partial charge on any atom is -0.481 e. The minimum absolute atomic E-state index is 0.00210. The molecular weight excluding hydrogens is 983 g/mol. The van der Waals surface area contributed by atoms with E-state index in [2.05, 4.69) is 47.5 Å². The van der Waals surface area contributed by atoms with E-state index in [0.29, 0.717) is 25.8 Å². The Morgan fingerprint density at radius 3 is 1.66 bits per heavy atom. The molecule has 17 N–H and O–H groups in total. The van der Waals surface area contributed by atoms with Gasteiger partial charge in [-0.3, -0.25) is 57.7 Å². The van der Waals surface area contributed by atoms with Crippen molar-refractivity contribution in [1.82, 2.24) is 52.3 Å². The predicted molar refractivity (Wildman–Crippen MR) is 255 cm³/mol. The third kappa shape index (κ3) is 18.7. The molecule has 0 aromatic carbocycles. The lowest BCUT2D eigenvalue weighted by atomic mass is 10.0. The average molecular weight is 1050 g/mol. The fraction of sp³-hybridized carbons (Fsp3) is 0.705. The van der Waals surface area contributed by atoms with Crippen LogP contribution in [-0.4, -0.2) is 212 Å². The summed E-state index contributed by atoms with van der Waals surface area (Å²) < 4.78 is 0. The molecule has 30 nitrogen and oxygen atoms in total. The first-order valence-corrected chi connectivity index (χ1v) is 24.3. The van der Waals surface area contributed by atoms with Crippen molar-refractivity contribution in [2.45, 2.75) is 164 Å². The van der Waals surface area contributed by atoms with Gasteiger partial charge in [-0.25, -0.2) is 4.79 Å². The van der Waals surface area contributed by atoms with Gasteiger partial charge in [0, 0.05) is 32.5 Å². The van der Waals surface area contributed by atoms with Crippen LogP contribution in [0.1, 0.15) is 97.8 Å². The van der Waals surface area contributed by atoms with Crippen LogP contribution in [0.4, 0.5) is 0 Å². The first-order valence-electron chi connectivity index (χ1n) is 24.3. The summed E-state index contributed by atoms with van der Waals surface area (Å²) in [4.78, 5) is 162. The topological polar surface area (TPSA) is 473 Å². The number of amides is 9. The normalized spacial score (nSPS) is 20.4. The average Bonchev–Trinajstić information content (AvgIpc) is 4.16. The van der Waals surface area contributed by atoms with Gasteiger partial charge in [0.05, 0.1) is 18.8 Å². The quantitative estimate of drug-likeness (QED) is 0.0188. The van der Waals surface area contributed by atoms with E-state index >= 15 is 0 Å². The molecule has 414 valence electrons. The third-order valence-corrected chi connectivity index (χ3v) is 12.5. The summed E-state index contributed by atoms with van der Waals surface area (Å²) in [7, 11) is 0. The Hall–Kier alpha value is -7.21. The minimum atomic E-state index is -1.91. The number of carbonyl (C=O) groups excluding carboxylic acids is 9. The molecule has 74 heavy (non-hydrogen) atoms. The SMILES string of the molecule is C[C@H](NC(=O)[C@@H]1CCCN1C(=O)[C@H](CCC(=O)O)NC(=O)[C@@H](NC(=O)[C@H](CCC(=O)O)NC(=O)[C@H](CO)NC(=O)[C@@H]1CCCN1)[C@@H](C)O)C(=O)N[C@@H](C)C(=O)N1CCC[C@H]1C(=O)N[C@@H](CCCN=C(N)N)C(=O)O. The third-order valence-electron chi connectivity index (χ3n) is 12.5. The number of aliphatic imine (C=N–C) groups is 1. The van der Waals surface area contributed by atoms with Crippen molar-refractivity contribution in [3.63, 3.8) is 0 Å². The van der Waals surface area contributed by atoms with Crippen LogP contribution in [0.25, 0.3) is 0 Å². The Morgan fingerprint density at radius 2 is 1.14 bits per heavy atom. The second-order valence-corrected chi connectivity index (χ2v) is 18.3. The van der Waals surface area contributed by atoms with E-state index in [9.17, 15) is 83.1 Å². The van der Waals surface area contributed by atoms with Crippen LogP contribution in [0.2, 0.25) is 0 Å². The highest BCUT2D eigenvalue weighted by atomic mass is 16.4. The van der Waals surface area contributed by atoms with E-state index in [0.717, 1.165) is 11.8 Å². The van der Waals surface area contributed by atoms with Gasteiger partial charge in [0.2, 0.25) is 53.2 Å². The number of aliphatic hydroxyl groups is 2. The van der Waals surface area contributed by atoms with Gasteiger partial charge >= 0.3 is 17.9 Å². The second-order valence-electron chi connectivity index (χ2n) is 18.3. The predicted octanol–water partition coefficient (Wildman–Crippen LogP) is -6.61. The van der Waals surface area contributed by atoms with Crippen LogP contribution < -0.4 is 54.0 Å². The lowest BCUT2D eigenvalue weighted by Crippen LogP contribution is -2.62. The van der Waals surface area contributed by atoms with E-state index in [4.69, 9.17) is 11.5 Å². The molecular formula is C44H71N13O17. The highest BCUT2D eigenvalue weighted by Gasteiger charge is 2.42. The number of aliphatic carboxylic acids is 3. The number of nitrogens with two attached hydrogens (primary N) is 2. The van der Waals surface area contributed by atoms with Crippen LogP contribution in [0, 0.1) is 0 Å². The summed E-state index contributed by atoms with van der Waals surface area (Å²) in [5, 5.41) is 68.5. The Bertz CT molecular complexity index is 2100. The molecule has 3 heterocycles. The van der Waals surface area contributed by atoms with Gasteiger partial charge in [-0.15, -0.1) is 0 Å². The van der Waals surface area contributed by atoms with Crippen molar-refractivity contribution < 1.29 is 83.1 Å². The number of carboxylic acid groups (broad SMARTS) is 3. The summed E-state index contributed by atoms with van der Waals surface area (Å²) in [6, 6.07) is -13.6. The maximum absolute atomic E-state index is 14.1. The van der Waals surface area contributed by atoms with Crippen molar-refractivity contribution in [3.8, 4) is 0 Å². The summed E-state index contributed by atoms with van der Waals surface area (Å²) >= 11 is 0. The molecule has 3 saturated heterocycles. The van der Waals surface area contributed by atoms with Gasteiger partial charge < -0.3 is 89.3 Å². The standard InChI is InChI=1S/C44H71N13O17/c1-21(34(64)50-22(2)41(71)56-18-6-11-30(56)39(69)53-27(43(73)74)9-5-17-48-44(45)46)49-38(68)29-10-7-19-57(29)42(72)26(13-15-32(62)63)52-40(70)33(23(3)59)55-36(66)25(12-14-31(60)61)51-37(67)28(20-58)54-35(65)24-8-4-16-47-24/h21-30,33,47,58-59H,4-20H2,1-3H3,(H,49,68)(H,50,64)(H,51,67)(H,52,70)(H,53,69)(H,54,65)(H,55,66)(H,60,61)(H,62,63)(H,73,74)(H4,45,46,48)/t21-,22-,23+,24-,25-,26-,27-,28-,29-,30-,33-/m0/s1. The van der Waals surface area contributed by atoms with Crippen molar-refractivity contribution in [3.05, 3.63) is 0 Å². The summed E-state index contributed by atoms with van der Waals surface area (Å²) in [5.74, 6) is -12.3. The zero-order valence-electron chi connectivity index (χ0n) is 41.5. The molecule has 3 aliphatic rings. The summed E-state index contributed by atoms with van der Waals surface area (Å²) in [6.45, 7) is 3.56. The molecule has 0 aliphatic carbocycles. The molecule has 0 radical (unpaired) electrons. The van der Waals surface area contributed by atoms with Gasteiger partial charge in [-0.2, -0.15) is 0 Å². The fourth-order valence-corrected chi connectivity index (χ4v) is 8.49. The maximum atomic E-state index is 14.1. The molecule has 0 bridgehead atoms. The van der Waals surface area contributed by atoms with Gasteiger partial charge in [-0.1, -0.05) is 0 Å². The number of guanidine groups is 1. The zero-order chi connectivity index (χ0) is 55.4. The van der Waals surface area contributed by atoms with Crippen LogP contribution in [0.3, 0.4) is 0 Å². The number of likely N-dealkylation sites (tertiary alicyclic amines) is 2. The molecule has 0 unspecified atom stereocenters. The lowest BCUT2D eigenvalue weighted by Gasteiger charge is -2.31. The number of carboxylic acids is 3. The van der Waals surface area contributed by atoms with Crippen molar-refractivity contribution in [2.75, 3.05) is 32.8 Å². The Labute approximate surface area is 425 Å². The lowest BCUT2D eigenvalue weighted by molar-refractivity contribution is -0.145. The van der Waals surface area contributed by atoms with Gasteiger partial charge in [0.1, 0.15) is 54.4 Å². The Balaban J connectivity index is 1.67. The Kier molecular flexibility index (Phi) is 24.3. The molecule has 3 aliphatic heterocycles. The first-order chi connectivity index (χ1) is 34.9. The van der Waals surface area contributed by atoms with Crippen molar-refractivity contribution in [1.29, 1.82) is 0 Å². The van der Waals surface area contributed by atoms with E-state index in [-0.39, 0.29) is 57.7 Å². The smallest absolute Gasteiger partial charge is 0.326 e. The van der Waals surface area contributed by atoms with E-state index in [1.54, 1.807) is 0 Å². The molecule has 0 aromatic rings. The maximum Gasteiger partial charge on any atom is 0.326 e. The molecule has 11 atom stereocenters. The summed E-state index contributed by atoms with van der Waals surface area (Å²) in [5.41, 5.74) is 10.6. The molecule has 0 saturated carbocycles. The largest absolute Gasteiger partial charge is 0.481 e. The number of aliphatic hydroxyl groups excluding tert-OH is 2. The van der Waals surface area contributed by atoms with Crippen LogP contribution in [0.5, 0.6) is 0 Å². The molecule has 0 aromatic heterocycles. The monoisotopic (exact) mass is 1050 g/mol. The van der Waals surface area contributed by atoms with Crippen LogP contribution >= 0.6 is 0 Å². The van der Waals surface area contributed by atoms with Crippen molar-refractivity contribution >= 4 is 77.0 Å². The number of nitrogens with one attached hydrogen (secondary N) is 8. The molecule has 3 fully saturated rings. The summed E-state index contributed by atoms with van der Waals surface area (Å²) in [6.07, 6.45) is -1.89. The van der Waals surface area contributed by atoms with Gasteiger partial charge in [-0.05, 0) is 91.5 Å². The molecule has 9 amide bonds. The Morgan fingerprint density at radius 1 is 0.595 bits per heavy atom. The van der Waals surface area contributed by atoms with E-state index in [1.807, 2.05) is 0 Å². The van der Waals surface area contributed by atoms with Gasteiger partial charge in [0.15, 0.2) is 5.96 Å². The highest BCUT2D eigenvalue weighted by molar-refractivity contribution is 5.99. The van der Waals surface area contributed by atoms with Crippen LogP contribution in [-0.2, 0) is 57.5 Å².